The molecule has 0 amide bonds. The lowest BCUT2D eigenvalue weighted by Crippen LogP contribution is -1.82. The van der Waals surface area contributed by atoms with Crippen LogP contribution < -0.4 is 0 Å². The van der Waals surface area contributed by atoms with Gasteiger partial charge in [0.1, 0.15) is 0 Å². The van der Waals surface area contributed by atoms with Gasteiger partial charge < -0.3 is 0 Å². The van der Waals surface area contributed by atoms with Gasteiger partial charge in [0.2, 0.25) is 0 Å². The second-order valence-electron chi connectivity index (χ2n) is 3.59. The van der Waals surface area contributed by atoms with Crippen molar-refractivity contribution in [3.8, 4) is 6.07 Å². The largest absolute Gasteiger partial charge is 0.256 e. The summed E-state index contributed by atoms with van der Waals surface area (Å²) in [6.45, 7) is 0. The zero-order valence-electron chi connectivity index (χ0n) is 9.27. The fourth-order valence-electron chi connectivity index (χ4n) is 1.41. The number of hydrogen-bond donors (Lipinski definition) is 0. The molecule has 0 heterocycles. The Balaban J connectivity index is 2.27. The number of nitrogens with zero attached hydrogens (tertiary/aromatic N) is 2. The first-order valence-electron chi connectivity index (χ1n) is 5.18. The Morgan fingerprint density at radius 3 is 2.67 bits per heavy atom. The Morgan fingerprint density at radius 1 is 1.11 bits per heavy atom. The predicted molar refractivity (Wildman–Crippen MR) is 74.9 cm³/mol. The molecule has 0 bridgehead atoms. The van der Waals surface area contributed by atoms with Crippen molar-refractivity contribution >= 4 is 35.1 Å². The van der Waals surface area contributed by atoms with Gasteiger partial charge in [0, 0.05) is 16.8 Å². The molecule has 0 unspecified atom stereocenters. The third kappa shape index (κ3) is 3.10. The van der Waals surface area contributed by atoms with Crippen LogP contribution in [0.15, 0.2) is 47.5 Å². The minimum atomic E-state index is 0.544. The Labute approximate surface area is 115 Å². The summed E-state index contributed by atoms with van der Waals surface area (Å²) >= 11 is 11.8. The molecule has 0 fully saturated rings. The lowest BCUT2D eigenvalue weighted by atomic mass is 10.2. The molecule has 0 saturated heterocycles. The SMILES string of the molecule is N#Cc1cccc(N=Cc2ccc(Cl)cc2Cl)c1. The molecule has 2 rings (SSSR count). The minimum absolute atomic E-state index is 0.544. The van der Waals surface area contributed by atoms with Crippen LogP contribution in [0.5, 0.6) is 0 Å². The van der Waals surface area contributed by atoms with E-state index in [0.717, 1.165) is 5.56 Å². The smallest absolute Gasteiger partial charge is 0.0992 e. The quantitative estimate of drug-likeness (QED) is 0.737. The van der Waals surface area contributed by atoms with Crippen molar-refractivity contribution in [3.63, 3.8) is 0 Å². The van der Waals surface area contributed by atoms with Crippen molar-refractivity contribution in [2.75, 3.05) is 0 Å². The lowest BCUT2D eigenvalue weighted by molar-refractivity contribution is 1.46. The van der Waals surface area contributed by atoms with Crippen LogP contribution in [0.4, 0.5) is 5.69 Å². The molecule has 0 aromatic heterocycles. The number of halogens is 2. The van der Waals surface area contributed by atoms with Gasteiger partial charge in [-0.15, -0.1) is 0 Å². The molecule has 0 spiro atoms. The first-order valence-corrected chi connectivity index (χ1v) is 5.94. The van der Waals surface area contributed by atoms with E-state index in [9.17, 15) is 0 Å². The van der Waals surface area contributed by atoms with Crippen LogP contribution in [0, 0.1) is 11.3 Å². The fourth-order valence-corrected chi connectivity index (χ4v) is 1.86. The maximum atomic E-state index is 8.78. The van der Waals surface area contributed by atoms with Crippen LogP contribution in [-0.4, -0.2) is 6.21 Å². The van der Waals surface area contributed by atoms with Gasteiger partial charge in [-0.1, -0.05) is 35.3 Å². The van der Waals surface area contributed by atoms with Gasteiger partial charge in [-0.3, -0.25) is 4.99 Å². The van der Waals surface area contributed by atoms with Gasteiger partial charge in [-0.2, -0.15) is 5.26 Å². The summed E-state index contributed by atoms with van der Waals surface area (Å²) in [5, 5.41) is 9.92. The molecule has 0 aliphatic heterocycles. The van der Waals surface area contributed by atoms with Gasteiger partial charge in [0.15, 0.2) is 0 Å². The number of nitriles is 1. The van der Waals surface area contributed by atoms with Crippen molar-refractivity contribution in [3.05, 3.63) is 63.6 Å². The summed E-state index contributed by atoms with van der Waals surface area (Å²) in [6, 6.07) is 14.3. The summed E-state index contributed by atoms with van der Waals surface area (Å²) in [6.07, 6.45) is 1.65. The summed E-state index contributed by atoms with van der Waals surface area (Å²) in [7, 11) is 0. The van der Waals surface area contributed by atoms with Crippen LogP contribution >= 0.6 is 23.2 Å². The third-order valence-electron chi connectivity index (χ3n) is 2.29. The first kappa shape index (κ1) is 12.6. The van der Waals surface area contributed by atoms with Crippen molar-refractivity contribution in [2.24, 2.45) is 4.99 Å². The van der Waals surface area contributed by atoms with E-state index in [-0.39, 0.29) is 0 Å². The molecule has 2 aromatic rings. The maximum Gasteiger partial charge on any atom is 0.0992 e. The second kappa shape index (κ2) is 5.68. The summed E-state index contributed by atoms with van der Waals surface area (Å²) in [4.78, 5) is 4.27. The van der Waals surface area contributed by atoms with E-state index >= 15 is 0 Å². The van der Waals surface area contributed by atoms with Gasteiger partial charge in [-0.25, -0.2) is 0 Å². The fraction of sp³-hybridized carbons (Fsp3) is 0. The molecule has 0 radical (unpaired) electrons. The highest BCUT2D eigenvalue weighted by molar-refractivity contribution is 6.36. The summed E-state index contributed by atoms with van der Waals surface area (Å²) in [5.74, 6) is 0. The number of benzene rings is 2. The predicted octanol–water partition coefficient (Wildman–Crippen LogP) is 4.62. The molecular formula is C14H8Cl2N2. The second-order valence-corrected chi connectivity index (χ2v) is 4.43. The van der Waals surface area contributed by atoms with Gasteiger partial charge in [0.05, 0.1) is 22.3 Å². The normalized spacial score (nSPS) is 10.5. The van der Waals surface area contributed by atoms with Gasteiger partial charge >= 0.3 is 0 Å². The van der Waals surface area contributed by atoms with E-state index in [1.165, 1.54) is 0 Å². The number of rotatable bonds is 2. The minimum Gasteiger partial charge on any atom is -0.256 e. The zero-order chi connectivity index (χ0) is 13.0. The Hall–Kier alpha value is -1.82. The Bertz CT molecular complexity index is 642. The summed E-state index contributed by atoms with van der Waals surface area (Å²) in [5.41, 5.74) is 2.07. The zero-order valence-corrected chi connectivity index (χ0v) is 10.8. The average molecular weight is 275 g/mol. The van der Waals surface area contributed by atoms with E-state index in [4.69, 9.17) is 28.5 Å². The number of hydrogen-bond acceptors (Lipinski definition) is 2. The van der Waals surface area contributed by atoms with Crippen molar-refractivity contribution < 1.29 is 0 Å². The van der Waals surface area contributed by atoms with Crippen molar-refractivity contribution in [1.82, 2.24) is 0 Å². The monoisotopic (exact) mass is 274 g/mol. The molecule has 2 aromatic carbocycles. The van der Waals surface area contributed by atoms with Crippen LogP contribution in [0.3, 0.4) is 0 Å². The van der Waals surface area contributed by atoms with E-state index in [1.807, 2.05) is 6.07 Å². The average Bonchev–Trinajstić information content (AvgIpc) is 2.38. The van der Waals surface area contributed by atoms with E-state index in [2.05, 4.69) is 11.1 Å². The molecule has 0 saturated carbocycles. The topological polar surface area (TPSA) is 36.1 Å². The molecule has 4 heteroatoms. The van der Waals surface area contributed by atoms with Crippen molar-refractivity contribution in [1.29, 1.82) is 5.26 Å². The van der Waals surface area contributed by atoms with Crippen molar-refractivity contribution in [2.45, 2.75) is 0 Å². The summed E-state index contributed by atoms with van der Waals surface area (Å²) < 4.78 is 0. The van der Waals surface area contributed by atoms with E-state index in [1.54, 1.807) is 42.6 Å². The third-order valence-corrected chi connectivity index (χ3v) is 2.85. The van der Waals surface area contributed by atoms with Crippen LogP contribution in [0.1, 0.15) is 11.1 Å². The van der Waals surface area contributed by atoms with E-state index in [0.29, 0.717) is 21.3 Å². The highest BCUT2D eigenvalue weighted by Crippen LogP contribution is 2.20. The Morgan fingerprint density at radius 2 is 1.94 bits per heavy atom. The molecule has 2 nitrogen and oxygen atoms in total. The van der Waals surface area contributed by atoms with Gasteiger partial charge in [0.25, 0.3) is 0 Å². The maximum absolute atomic E-state index is 8.78. The molecule has 0 atom stereocenters. The highest BCUT2D eigenvalue weighted by Gasteiger charge is 1.98. The molecule has 0 N–H and O–H groups in total. The molecule has 0 aliphatic carbocycles. The van der Waals surface area contributed by atoms with Gasteiger partial charge in [-0.05, 0) is 30.3 Å². The van der Waals surface area contributed by atoms with Crippen LogP contribution in [0.2, 0.25) is 10.0 Å². The molecular weight excluding hydrogens is 267 g/mol. The molecule has 18 heavy (non-hydrogen) atoms. The lowest BCUT2D eigenvalue weighted by Gasteiger charge is -1.98. The highest BCUT2D eigenvalue weighted by atomic mass is 35.5. The standard InChI is InChI=1S/C14H8Cl2N2/c15-12-5-4-11(14(16)7-12)9-18-13-3-1-2-10(6-13)8-17/h1-7,9H. The van der Waals surface area contributed by atoms with E-state index < -0.39 is 0 Å². The van der Waals surface area contributed by atoms with Crippen LogP contribution in [-0.2, 0) is 0 Å². The molecule has 0 aliphatic rings. The Kier molecular flexibility index (Phi) is 3.99. The number of aliphatic imine (C=N–C) groups is 1. The molecule has 88 valence electrons. The first-order chi connectivity index (χ1) is 8.69. The van der Waals surface area contributed by atoms with Crippen LogP contribution in [0.25, 0.3) is 0 Å².